The van der Waals surface area contributed by atoms with Crippen molar-refractivity contribution in [2.75, 3.05) is 5.43 Å². The van der Waals surface area contributed by atoms with E-state index < -0.39 is 5.97 Å². The van der Waals surface area contributed by atoms with E-state index in [-0.39, 0.29) is 6.42 Å². The number of rotatable bonds is 8. The van der Waals surface area contributed by atoms with Crippen molar-refractivity contribution in [2.45, 2.75) is 39.5 Å². The molecule has 0 amide bonds. The number of nitrogens with zero attached hydrogens (tertiary/aromatic N) is 2. The number of hydrogen-bond acceptors (Lipinski definition) is 5. The van der Waals surface area contributed by atoms with Crippen molar-refractivity contribution < 1.29 is 9.90 Å². The molecular weight excluding hydrogens is 302 g/mol. The van der Waals surface area contributed by atoms with Crippen LogP contribution in [0.25, 0.3) is 0 Å². The first-order valence-corrected chi connectivity index (χ1v) is 8.07. The van der Waals surface area contributed by atoms with Crippen LogP contribution in [0, 0.1) is 13.8 Å². The zero-order valence-corrected chi connectivity index (χ0v) is 14.1. The summed E-state index contributed by atoms with van der Waals surface area (Å²) in [5.41, 5.74) is 7.96. The number of carbonyl (C=O) groups excluding carboxylic acids is 1. The number of carboxylic acid groups (broad SMARTS) is 1. The van der Waals surface area contributed by atoms with Gasteiger partial charge in [0.2, 0.25) is 0 Å². The maximum atomic E-state index is 10.5. The van der Waals surface area contributed by atoms with E-state index in [1.165, 1.54) is 11.1 Å². The second-order valence-corrected chi connectivity index (χ2v) is 5.84. The number of aryl methyl sites for hydroxylation is 2. The molecule has 0 aliphatic carbocycles. The van der Waals surface area contributed by atoms with Crippen LogP contribution in [0.3, 0.4) is 0 Å². The van der Waals surface area contributed by atoms with Crippen molar-refractivity contribution in [3.8, 4) is 0 Å². The Morgan fingerprint density at radius 2 is 1.83 bits per heavy atom. The van der Waals surface area contributed by atoms with Gasteiger partial charge < -0.3 is 9.90 Å². The average Bonchev–Trinajstić information content (AvgIpc) is 2.54. The molecule has 0 spiro atoms. The zero-order chi connectivity index (χ0) is 17.4. The van der Waals surface area contributed by atoms with Crippen LogP contribution in [-0.4, -0.2) is 16.7 Å². The van der Waals surface area contributed by atoms with Gasteiger partial charge in [-0.2, -0.15) is 5.10 Å². The van der Waals surface area contributed by atoms with Crippen LogP contribution in [-0.2, 0) is 4.79 Å². The highest BCUT2D eigenvalue weighted by Gasteiger charge is 2.05. The highest BCUT2D eigenvalue weighted by atomic mass is 16.4. The molecule has 0 bridgehead atoms. The molecule has 2 rings (SSSR count). The van der Waals surface area contributed by atoms with Crippen LogP contribution in [0.5, 0.6) is 0 Å². The number of carboxylic acids is 1. The Morgan fingerprint density at radius 3 is 2.46 bits per heavy atom. The van der Waals surface area contributed by atoms with Crippen LogP contribution in [0.4, 0.5) is 5.69 Å². The molecular formula is C19H22N3O2-. The third-order valence-corrected chi connectivity index (χ3v) is 3.55. The SMILES string of the molecule is Cc1cc(C)cc(N/N=C(\CCCCC(=O)[O-])c2ccccn2)c1. The van der Waals surface area contributed by atoms with E-state index in [0.717, 1.165) is 23.5 Å². The fourth-order valence-electron chi connectivity index (χ4n) is 2.51. The van der Waals surface area contributed by atoms with Crippen LogP contribution in [0.2, 0.25) is 0 Å². The number of aromatic nitrogens is 1. The summed E-state index contributed by atoms with van der Waals surface area (Å²) in [5, 5.41) is 15.0. The smallest absolute Gasteiger partial charge is 0.0863 e. The second-order valence-electron chi connectivity index (χ2n) is 5.84. The second kappa shape index (κ2) is 8.82. The minimum atomic E-state index is -1.01. The Balaban J connectivity index is 2.10. The van der Waals surface area contributed by atoms with E-state index in [1.54, 1.807) is 6.20 Å². The van der Waals surface area contributed by atoms with Gasteiger partial charge in [-0.3, -0.25) is 10.4 Å². The van der Waals surface area contributed by atoms with Gasteiger partial charge in [0.05, 0.1) is 17.1 Å². The molecule has 0 saturated heterocycles. The van der Waals surface area contributed by atoms with E-state index in [4.69, 9.17) is 0 Å². The van der Waals surface area contributed by atoms with E-state index in [2.05, 4.69) is 21.6 Å². The number of carbonyl (C=O) groups is 1. The summed E-state index contributed by atoms with van der Waals surface area (Å²) in [6, 6.07) is 11.8. The molecule has 0 fully saturated rings. The summed E-state index contributed by atoms with van der Waals surface area (Å²) >= 11 is 0. The molecule has 126 valence electrons. The van der Waals surface area contributed by atoms with Crippen molar-refractivity contribution in [2.24, 2.45) is 5.10 Å². The van der Waals surface area contributed by atoms with Crippen molar-refractivity contribution in [3.05, 3.63) is 59.4 Å². The summed E-state index contributed by atoms with van der Waals surface area (Å²) in [4.78, 5) is 14.9. The Labute approximate surface area is 142 Å². The van der Waals surface area contributed by atoms with Gasteiger partial charge in [0.1, 0.15) is 0 Å². The maximum absolute atomic E-state index is 10.5. The molecule has 0 unspecified atom stereocenters. The first-order valence-electron chi connectivity index (χ1n) is 8.07. The average molecular weight is 324 g/mol. The molecule has 5 heteroatoms. The normalized spacial score (nSPS) is 11.3. The lowest BCUT2D eigenvalue weighted by Crippen LogP contribution is -2.21. The lowest BCUT2D eigenvalue weighted by atomic mass is 10.1. The molecule has 1 N–H and O–H groups in total. The quantitative estimate of drug-likeness (QED) is 0.460. The summed E-state index contributed by atoms with van der Waals surface area (Å²) in [6.45, 7) is 4.09. The van der Waals surface area contributed by atoms with Gasteiger partial charge in [-0.1, -0.05) is 12.1 Å². The highest BCUT2D eigenvalue weighted by molar-refractivity contribution is 5.99. The standard InChI is InChI=1S/C19H23N3O2/c1-14-11-15(2)13-16(12-14)21-22-18(8-3-4-9-19(23)24)17-7-5-6-10-20-17/h5-7,10-13,21H,3-4,8-9H2,1-2H3,(H,23,24)/p-1/b22-18+. The summed E-state index contributed by atoms with van der Waals surface area (Å²) in [7, 11) is 0. The largest absolute Gasteiger partial charge is 0.550 e. The fourth-order valence-corrected chi connectivity index (χ4v) is 2.51. The zero-order valence-electron chi connectivity index (χ0n) is 14.1. The summed E-state index contributed by atoms with van der Waals surface area (Å²) in [6.07, 6.45) is 3.74. The van der Waals surface area contributed by atoms with Crippen molar-refractivity contribution in [3.63, 3.8) is 0 Å². The first-order chi connectivity index (χ1) is 11.5. The number of hydrogen-bond donors (Lipinski definition) is 1. The van der Waals surface area contributed by atoms with Gasteiger partial charge in [-0.15, -0.1) is 0 Å². The Bertz CT molecular complexity index is 692. The summed E-state index contributed by atoms with van der Waals surface area (Å²) in [5.74, 6) is -1.01. The van der Waals surface area contributed by atoms with E-state index in [9.17, 15) is 9.90 Å². The molecule has 0 radical (unpaired) electrons. The Kier molecular flexibility index (Phi) is 6.49. The van der Waals surface area contributed by atoms with Crippen LogP contribution in [0.15, 0.2) is 47.7 Å². The molecule has 2 aromatic rings. The minimum Gasteiger partial charge on any atom is -0.550 e. The predicted molar refractivity (Wildman–Crippen MR) is 93.8 cm³/mol. The lowest BCUT2D eigenvalue weighted by molar-refractivity contribution is -0.305. The fraction of sp³-hybridized carbons (Fsp3) is 0.316. The van der Waals surface area contributed by atoms with Gasteiger partial charge in [0.15, 0.2) is 0 Å². The molecule has 5 nitrogen and oxygen atoms in total. The minimum absolute atomic E-state index is 0.0694. The van der Waals surface area contributed by atoms with Crippen LogP contribution < -0.4 is 10.5 Å². The molecule has 1 heterocycles. The number of hydrazone groups is 1. The lowest BCUT2D eigenvalue weighted by Gasteiger charge is -2.09. The third kappa shape index (κ3) is 5.83. The van der Waals surface area contributed by atoms with Crippen molar-refractivity contribution in [1.82, 2.24) is 4.98 Å². The van der Waals surface area contributed by atoms with Crippen LogP contribution >= 0.6 is 0 Å². The van der Waals surface area contributed by atoms with Gasteiger partial charge in [0.25, 0.3) is 0 Å². The molecule has 0 saturated carbocycles. The molecule has 0 aliphatic heterocycles. The van der Waals surface area contributed by atoms with Crippen molar-refractivity contribution in [1.29, 1.82) is 0 Å². The number of pyridine rings is 1. The molecule has 1 aromatic carbocycles. The molecule has 0 aliphatic rings. The topological polar surface area (TPSA) is 77.4 Å². The predicted octanol–water partition coefficient (Wildman–Crippen LogP) is 2.82. The number of anilines is 1. The van der Waals surface area contributed by atoms with Crippen LogP contribution in [0.1, 0.15) is 42.5 Å². The Hall–Kier alpha value is -2.69. The molecule has 24 heavy (non-hydrogen) atoms. The molecule has 0 atom stereocenters. The van der Waals surface area contributed by atoms with Crippen molar-refractivity contribution >= 4 is 17.4 Å². The van der Waals surface area contributed by atoms with Gasteiger partial charge in [-0.25, -0.2) is 0 Å². The third-order valence-electron chi connectivity index (χ3n) is 3.55. The number of unbranched alkanes of at least 4 members (excludes halogenated alkanes) is 1. The number of nitrogens with one attached hydrogen (secondary N) is 1. The van der Waals surface area contributed by atoms with Gasteiger partial charge in [-0.05, 0) is 74.9 Å². The number of benzene rings is 1. The highest BCUT2D eigenvalue weighted by Crippen LogP contribution is 2.15. The summed E-state index contributed by atoms with van der Waals surface area (Å²) < 4.78 is 0. The molecule has 1 aromatic heterocycles. The maximum Gasteiger partial charge on any atom is 0.0863 e. The monoisotopic (exact) mass is 324 g/mol. The van der Waals surface area contributed by atoms with E-state index in [1.807, 2.05) is 44.2 Å². The van der Waals surface area contributed by atoms with Gasteiger partial charge >= 0.3 is 0 Å². The Morgan fingerprint density at radius 1 is 1.12 bits per heavy atom. The number of aliphatic carboxylic acids is 1. The van der Waals surface area contributed by atoms with Gasteiger partial charge in [0, 0.05) is 12.2 Å². The van der Waals surface area contributed by atoms with E-state index >= 15 is 0 Å². The first kappa shape index (κ1) is 17.7. The van der Waals surface area contributed by atoms with E-state index in [0.29, 0.717) is 12.8 Å².